The Morgan fingerprint density at radius 2 is 1.50 bits per heavy atom. The molecule has 2 amide bonds. The number of rotatable bonds is 6. The molecule has 144 valence electrons. The molecule has 3 rings (SSSR count). The SMILES string of the molecule is CC(=O)Nc1ccc(S(=O)(=O)Oc2ccc(NC(=O)c3ccco3)cc2)cc1. The lowest BCUT2D eigenvalue weighted by atomic mass is 10.3. The van der Waals surface area contributed by atoms with E-state index in [1.54, 1.807) is 6.07 Å². The molecule has 0 radical (unpaired) electrons. The summed E-state index contributed by atoms with van der Waals surface area (Å²) in [7, 11) is -4.04. The summed E-state index contributed by atoms with van der Waals surface area (Å²) in [4.78, 5) is 22.9. The molecule has 1 aromatic heterocycles. The fourth-order valence-electron chi connectivity index (χ4n) is 2.28. The van der Waals surface area contributed by atoms with E-state index in [4.69, 9.17) is 8.60 Å². The minimum Gasteiger partial charge on any atom is -0.459 e. The Labute approximate surface area is 161 Å². The number of benzene rings is 2. The van der Waals surface area contributed by atoms with Gasteiger partial charge in [0.1, 0.15) is 10.6 Å². The summed E-state index contributed by atoms with van der Waals surface area (Å²) in [5.74, 6) is -0.441. The second-order valence-electron chi connectivity index (χ2n) is 5.70. The summed E-state index contributed by atoms with van der Waals surface area (Å²) < 4.78 is 34.8. The topological polar surface area (TPSA) is 115 Å². The van der Waals surface area contributed by atoms with E-state index in [1.165, 1.54) is 67.8 Å². The molecule has 0 unspecified atom stereocenters. The van der Waals surface area contributed by atoms with Gasteiger partial charge < -0.3 is 19.2 Å². The van der Waals surface area contributed by atoms with Crippen LogP contribution in [-0.4, -0.2) is 20.2 Å². The molecule has 9 heteroatoms. The van der Waals surface area contributed by atoms with Crippen molar-refractivity contribution in [3.8, 4) is 5.75 Å². The van der Waals surface area contributed by atoms with Crippen LogP contribution in [0.4, 0.5) is 11.4 Å². The van der Waals surface area contributed by atoms with Crippen LogP contribution in [0.25, 0.3) is 0 Å². The fraction of sp³-hybridized carbons (Fsp3) is 0.0526. The van der Waals surface area contributed by atoms with E-state index in [-0.39, 0.29) is 22.3 Å². The molecule has 0 aliphatic heterocycles. The van der Waals surface area contributed by atoms with Crippen LogP contribution in [0.1, 0.15) is 17.5 Å². The number of nitrogens with one attached hydrogen (secondary N) is 2. The van der Waals surface area contributed by atoms with E-state index in [9.17, 15) is 18.0 Å². The third-order valence-corrected chi connectivity index (χ3v) is 4.79. The zero-order valence-electron chi connectivity index (χ0n) is 14.7. The predicted octanol–water partition coefficient (Wildman–Crippen LogP) is 3.26. The summed E-state index contributed by atoms with van der Waals surface area (Å²) in [5, 5.41) is 5.16. The second-order valence-corrected chi connectivity index (χ2v) is 7.25. The van der Waals surface area contributed by atoms with Gasteiger partial charge >= 0.3 is 10.1 Å². The van der Waals surface area contributed by atoms with E-state index >= 15 is 0 Å². The number of furan rings is 1. The van der Waals surface area contributed by atoms with Crippen molar-refractivity contribution in [2.75, 3.05) is 10.6 Å². The average Bonchev–Trinajstić information content (AvgIpc) is 3.18. The van der Waals surface area contributed by atoms with Crippen LogP contribution in [0.3, 0.4) is 0 Å². The van der Waals surface area contributed by atoms with Crippen LogP contribution >= 0.6 is 0 Å². The molecule has 0 bridgehead atoms. The highest BCUT2D eigenvalue weighted by Crippen LogP contribution is 2.22. The van der Waals surface area contributed by atoms with Crippen LogP contribution in [-0.2, 0) is 14.9 Å². The zero-order valence-corrected chi connectivity index (χ0v) is 15.5. The largest absolute Gasteiger partial charge is 0.459 e. The molecule has 1 heterocycles. The van der Waals surface area contributed by atoms with Crippen LogP contribution in [0.2, 0.25) is 0 Å². The molecule has 8 nitrogen and oxygen atoms in total. The van der Waals surface area contributed by atoms with Crippen LogP contribution < -0.4 is 14.8 Å². The minimum absolute atomic E-state index is 0.0585. The molecular formula is C19H16N2O6S. The Hall–Kier alpha value is -3.59. The van der Waals surface area contributed by atoms with Gasteiger partial charge in [0.2, 0.25) is 5.91 Å². The Kier molecular flexibility index (Phi) is 5.46. The van der Waals surface area contributed by atoms with Crippen molar-refractivity contribution in [2.24, 2.45) is 0 Å². The van der Waals surface area contributed by atoms with Crippen molar-refractivity contribution in [1.82, 2.24) is 0 Å². The van der Waals surface area contributed by atoms with Crippen molar-refractivity contribution in [1.29, 1.82) is 0 Å². The fourth-order valence-corrected chi connectivity index (χ4v) is 3.21. The average molecular weight is 400 g/mol. The van der Waals surface area contributed by atoms with E-state index in [0.29, 0.717) is 11.4 Å². The van der Waals surface area contributed by atoms with E-state index in [2.05, 4.69) is 10.6 Å². The Bertz CT molecular complexity index is 1070. The summed E-state index contributed by atoms with van der Waals surface area (Å²) in [6, 6.07) is 14.6. The lowest BCUT2D eigenvalue weighted by Gasteiger charge is -2.09. The highest BCUT2D eigenvalue weighted by Gasteiger charge is 2.17. The van der Waals surface area contributed by atoms with Crippen LogP contribution in [0.5, 0.6) is 5.75 Å². The molecule has 0 spiro atoms. The molecular weight excluding hydrogens is 384 g/mol. The van der Waals surface area contributed by atoms with Crippen molar-refractivity contribution in [3.63, 3.8) is 0 Å². The highest BCUT2D eigenvalue weighted by atomic mass is 32.2. The maximum absolute atomic E-state index is 12.4. The van der Waals surface area contributed by atoms with Crippen molar-refractivity contribution in [3.05, 3.63) is 72.7 Å². The standard InChI is InChI=1S/C19H16N2O6S/c1-13(22)20-14-6-10-17(11-7-14)28(24,25)27-16-8-4-15(5-9-16)21-19(23)18-3-2-12-26-18/h2-12H,1H3,(H,20,22)(H,21,23). The number of hydrogen-bond acceptors (Lipinski definition) is 6. The highest BCUT2D eigenvalue weighted by molar-refractivity contribution is 7.87. The first kappa shape index (κ1) is 19.2. The third kappa shape index (κ3) is 4.77. The molecule has 2 N–H and O–H groups in total. The van der Waals surface area contributed by atoms with Gasteiger partial charge in [0.05, 0.1) is 6.26 Å². The number of carbonyl (C=O) groups excluding carboxylic acids is 2. The predicted molar refractivity (Wildman–Crippen MR) is 102 cm³/mol. The molecule has 0 aliphatic rings. The van der Waals surface area contributed by atoms with Crippen molar-refractivity contribution >= 4 is 33.3 Å². The van der Waals surface area contributed by atoms with E-state index in [1.807, 2.05) is 0 Å². The Morgan fingerprint density at radius 3 is 2.07 bits per heavy atom. The summed E-state index contributed by atoms with van der Waals surface area (Å²) in [5.41, 5.74) is 0.925. The lowest BCUT2D eigenvalue weighted by molar-refractivity contribution is -0.114. The normalized spacial score (nSPS) is 10.9. The number of anilines is 2. The van der Waals surface area contributed by atoms with Gasteiger partial charge in [0.15, 0.2) is 5.76 Å². The first-order valence-corrected chi connectivity index (χ1v) is 9.51. The van der Waals surface area contributed by atoms with Gasteiger partial charge in [-0.2, -0.15) is 8.42 Å². The molecule has 0 atom stereocenters. The number of hydrogen-bond donors (Lipinski definition) is 2. The second kappa shape index (κ2) is 7.97. The van der Waals surface area contributed by atoms with Gasteiger partial charge in [0.25, 0.3) is 5.91 Å². The van der Waals surface area contributed by atoms with E-state index < -0.39 is 16.0 Å². The molecule has 0 saturated heterocycles. The van der Waals surface area contributed by atoms with Gasteiger partial charge in [-0.25, -0.2) is 0 Å². The van der Waals surface area contributed by atoms with Gasteiger partial charge in [0, 0.05) is 18.3 Å². The number of amides is 2. The maximum atomic E-state index is 12.4. The first-order valence-electron chi connectivity index (χ1n) is 8.10. The summed E-state index contributed by atoms with van der Waals surface area (Å²) >= 11 is 0. The molecule has 0 fully saturated rings. The smallest absolute Gasteiger partial charge is 0.339 e. The monoisotopic (exact) mass is 400 g/mol. The zero-order chi connectivity index (χ0) is 20.1. The summed E-state index contributed by atoms with van der Waals surface area (Å²) in [6.07, 6.45) is 1.39. The van der Waals surface area contributed by atoms with E-state index in [0.717, 1.165) is 0 Å². The molecule has 3 aromatic rings. The van der Waals surface area contributed by atoms with Gasteiger partial charge in [-0.3, -0.25) is 9.59 Å². The molecule has 2 aromatic carbocycles. The van der Waals surface area contributed by atoms with Crippen LogP contribution in [0, 0.1) is 0 Å². The summed E-state index contributed by atoms with van der Waals surface area (Å²) in [6.45, 7) is 1.36. The van der Waals surface area contributed by atoms with Crippen LogP contribution in [0.15, 0.2) is 76.2 Å². The molecule has 0 aliphatic carbocycles. The maximum Gasteiger partial charge on any atom is 0.339 e. The van der Waals surface area contributed by atoms with Gasteiger partial charge in [-0.1, -0.05) is 0 Å². The van der Waals surface area contributed by atoms with Gasteiger partial charge in [-0.05, 0) is 60.7 Å². The van der Waals surface area contributed by atoms with Crippen molar-refractivity contribution in [2.45, 2.75) is 11.8 Å². The third-order valence-electron chi connectivity index (χ3n) is 3.53. The Balaban J connectivity index is 1.67. The van der Waals surface area contributed by atoms with Crippen molar-refractivity contribution < 1.29 is 26.6 Å². The lowest BCUT2D eigenvalue weighted by Crippen LogP contribution is -2.12. The number of carbonyl (C=O) groups is 2. The quantitative estimate of drug-likeness (QED) is 0.614. The van der Waals surface area contributed by atoms with Gasteiger partial charge in [-0.15, -0.1) is 0 Å². The Morgan fingerprint density at radius 1 is 0.893 bits per heavy atom. The first-order chi connectivity index (χ1) is 13.3. The molecule has 28 heavy (non-hydrogen) atoms. The molecule has 0 saturated carbocycles. The minimum atomic E-state index is -4.04.